The minimum atomic E-state index is 0. The van der Waals surface area contributed by atoms with Gasteiger partial charge in [0.15, 0.2) is 5.96 Å². The summed E-state index contributed by atoms with van der Waals surface area (Å²) in [4.78, 5) is 6.42. The first-order chi connectivity index (χ1) is 8.77. The molecular formula is C14H22IN3O. The van der Waals surface area contributed by atoms with Gasteiger partial charge in [0.25, 0.3) is 0 Å². The van der Waals surface area contributed by atoms with Gasteiger partial charge in [-0.3, -0.25) is 4.99 Å². The van der Waals surface area contributed by atoms with E-state index < -0.39 is 0 Å². The fourth-order valence-electron chi connectivity index (χ4n) is 1.73. The van der Waals surface area contributed by atoms with Crippen molar-refractivity contribution in [3.63, 3.8) is 0 Å². The Balaban J connectivity index is 0.00000180. The summed E-state index contributed by atoms with van der Waals surface area (Å²) in [6, 6.07) is 10.4. The zero-order chi connectivity index (χ0) is 12.8. The molecule has 0 bridgehead atoms. The highest BCUT2D eigenvalue weighted by molar-refractivity contribution is 14.0. The quantitative estimate of drug-likeness (QED) is 0.360. The van der Waals surface area contributed by atoms with E-state index in [1.807, 2.05) is 37.4 Å². The summed E-state index contributed by atoms with van der Waals surface area (Å²) in [5.41, 5.74) is 5.89. The molecule has 1 aromatic rings. The average molecular weight is 375 g/mol. The van der Waals surface area contributed by atoms with E-state index in [4.69, 9.17) is 10.5 Å². The van der Waals surface area contributed by atoms with E-state index >= 15 is 0 Å². The standard InChI is InChI=1S/C14H21N3O.HI/c1-17(12-8-9-12)14(15)16-10-5-11-18-13-6-3-2-4-7-13;/h2-4,6-7,12H,5,8-11H2,1H3,(H2,15,16);1H. The molecule has 0 saturated heterocycles. The number of nitrogens with two attached hydrogens (primary N) is 1. The third-order valence-corrected chi connectivity index (χ3v) is 3.04. The van der Waals surface area contributed by atoms with Gasteiger partial charge in [0.1, 0.15) is 5.75 Å². The molecule has 1 aliphatic rings. The maximum absolute atomic E-state index is 5.89. The predicted octanol–water partition coefficient (Wildman–Crippen LogP) is 2.48. The highest BCUT2D eigenvalue weighted by atomic mass is 127. The largest absolute Gasteiger partial charge is 0.494 e. The first-order valence-corrected chi connectivity index (χ1v) is 6.48. The number of hydrogen-bond donors (Lipinski definition) is 1. The minimum absolute atomic E-state index is 0. The predicted molar refractivity (Wildman–Crippen MR) is 89.2 cm³/mol. The van der Waals surface area contributed by atoms with E-state index in [9.17, 15) is 0 Å². The lowest BCUT2D eigenvalue weighted by atomic mass is 10.3. The minimum Gasteiger partial charge on any atom is -0.494 e. The number of hydrogen-bond acceptors (Lipinski definition) is 2. The van der Waals surface area contributed by atoms with E-state index in [0.717, 1.165) is 18.7 Å². The molecule has 19 heavy (non-hydrogen) atoms. The normalized spacial score (nSPS) is 14.7. The number of rotatable bonds is 6. The molecule has 1 aliphatic carbocycles. The molecule has 0 radical (unpaired) electrons. The molecule has 106 valence electrons. The third-order valence-electron chi connectivity index (χ3n) is 3.04. The van der Waals surface area contributed by atoms with Crippen molar-refractivity contribution in [2.24, 2.45) is 10.7 Å². The average Bonchev–Trinajstić information content (AvgIpc) is 3.23. The molecule has 0 aliphatic heterocycles. The molecule has 0 heterocycles. The molecule has 2 rings (SSSR count). The number of nitrogens with zero attached hydrogens (tertiary/aromatic N) is 2. The second kappa shape index (κ2) is 8.24. The summed E-state index contributed by atoms with van der Waals surface area (Å²) in [6.45, 7) is 1.39. The van der Waals surface area contributed by atoms with E-state index in [-0.39, 0.29) is 24.0 Å². The van der Waals surface area contributed by atoms with Crippen LogP contribution in [0.15, 0.2) is 35.3 Å². The maximum atomic E-state index is 5.89. The maximum Gasteiger partial charge on any atom is 0.191 e. The fourth-order valence-corrected chi connectivity index (χ4v) is 1.73. The van der Waals surface area contributed by atoms with Crippen LogP contribution in [0.3, 0.4) is 0 Å². The van der Waals surface area contributed by atoms with E-state index in [0.29, 0.717) is 18.6 Å². The van der Waals surface area contributed by atoms with E-state index in [2.05, 4.69) is 9.89 Å². The summed E-state index contributed by atoms with van der Waals surface area (Å²) < 4.78 is 5.58. The van der Waals surface area contributed by atoms with Gasteiger partial charge < -0.3 is 15.4 Å². The Labute approximate surface area is 132 Å². The lowest BCUT2D eigenvalue weighted by Crippen LogP contribution is -2.35. The van der Waals surface area contributed by atoms with Crippen molar-refractivity contribution in [1.82, 2.24) is 4.90 Å². The van der Waals surface area contributed by atoms with E-state index in [1.54, 1.807) is 0 Å². The zero-order valence-corrected chi connectivity index (χ0v) is 13.6. The van der Waals surface area contributed by atoms with Gasteiger partial charge >= 0.3 is 0 Å². The van der Waals surface area contributed by atoms with Crippen molar-refractivity contribution in [2.75, 3.05) is 20.2 Å². The van der Waals surface area contributed by atoms with E-state index in [1.165, 1.54) is 12.8 Å². The Morgan fingerprint density at radius 3 is 2.68 bits per heavy atom. The van der Waals surface area contributed by atoms with Gasteiger partial charge in [-0.25, -0.2) is 0 Å². The lowest BCUT2D eigenvalue weighted by molar-refractivity contribution is 0.313. The molecule has 1 fully saturated rings. The zero-order valence-electron chi connectivity index (χ0n) is 11.3. The first-order valence-electron chi connectivity index (χ1n) is 6.48. The summed E-state index contributed by atoms with van der Waals surface area (Å²) in [5.74, 6) is 1.56. The number of guanidine groups is 1. The Hall–Kier alpha value is -0.980. The molecule has 5 heteroatoms. The van der Waals surface area contributed by atoms with Crippen LogP contribution in [0, 0.1) is 0 Å². The highest BCUT2D eigenvalue weighted by Crippen LogP contribution is 2.24. The van der Waals surface area contributed by atoms with Crippen molar-refractivity contribution in [3.8, 4) is 5.75 Å². The number of aliphatic imine (C=N–C) groups is 1. The van der Waals surface area contributed by atoms with Crippen LogP contribution in [0.4, 0.5) is 0 Å². The molecule has 1 saturated carbocycles. The molecular weight excluding hydrogens is 353 g/mol. The summed E-state index contributed by atoms with van der Waals surface area (Å²) in [5, 5.41) is 0. The van der Waals surface area contributed by atoms with Crippen molar-refractivity contribution < 1.29 is 4.74 Å². The number of para-hydroxylation sites is 1. The van der Waals surface area contributed by atoms with Gasteiger partial charge in [-0.1, -0.05) is 18.2 Å². The summed E-state index contributed by atoms with van der Waals surface area (Å²) in [6.07, 6.45) is 3.36. The Bertz CT molecular complexity index is 393. The summed E-state index contributed by atoms with van der Waals surface area (Å²) in [7, 11) is 2.01. The Kier molecular flexibility index (Phi) is 6.97. The van der Waals surface area contributed by atoms with Crippen LogP contribution in [0.25, 0.3) is 0 Å². The second-order valence-corrected chi connectivity index (χ2v) is 4.60. The molecule has 0 unspecified atom stereocenters. The van der Waals surface area contributed by atoms with Crippen molar-refractivity contribution in [3.05, 3.63) is 30.3 Å². The SMILES string of the molecule is CN(C(N)=NCCCOc1ccccc1)C1CC1.I. The van der Waals surface area contributed by atoms with Crippen LogP contribution in [0.5, 0.6) is 5.75 Å². The van der Waals surface area contributed by atoms with Gasteiger partial charge in [-0.2, -0.15) is 0 Å². The van der Waals surface area contributed by atoms with Gasteiger partial charge in [0.2, 0.25) is 0 Å². The van der Waals surface area contributed by atoms with Crippen LogP contribution in [-0.2, 0) is 0 Å². The molecule has 0 aromatic heterocycles. The fraction of sp³-hybridized carbons (Fsp3) is 0.500. The Morgan fingerprint density at radius 2 is 2.05 bits per heavy atom. The van der Waals surface area contributed by atoms with Crippen LogP contribution < -0.4 is 10.5 Å². The molecule has 0 amide bonds. The van der Waals surface area contributed by atoms with Gasteiger partial charge in [-0.05, 0) is 25.0 Å². The second-order valence-electron chi connectivity index (χ2n) is 4.60. The monoisotopic (exact) mass is 375 g/mol. The molecule has 1 aromatic carbocycles. The lowest BCUT2D eigenvalue weighted by Gasteiger charge is -2.16. The molecule has 2 N–H and O–H groups in total. The number of halogens is 1. The van der Waals surface area contributed by atoms with Crippen LogP contribution in [0.2, 0.25) is 0 Å². The van der Waals surface area contributed by atoms with Gasteiger partial charge in [0, 0.05) is 26.1 Å². The third kappa shape index (κ3) is 5.67. The first kappa shape index (κ1) is 16.1. The summed E-state index contributed by atoms with van der Waals surface area (Å²) >= 11 is 0. The number of ether oxygens (including phenoxy) is 1. The van der Waals surface area contributed by atoms with Crippen molar-refractivity contribution in [2.45, 2.75) is 25.3 Å². The van der Waals surface area contributed by atoms with Gasteiger partial charge in [0.05, 0.1) is 6.61 Å². The smallest absolute Gasteiger partial charge is 0.191 e. The topological polar surface area (TPSA) is 50.8 Å². The van der Waals surface area contributed by atoms with Gasteiger partial charge in [-0.15, -0.1) is 24.0 Å². The molecule has 0 spiro atoms. The highest BCUT2D eigenvalue weighted by Gasteiger charge is 2.27. The van der Waals surface area contributed by atoms with Crippen molar-refractivity contribution >= 4 is 29.9 Å². The van der Waals surface area contributed by atoms with Crippen molar-refractivity contribution in [1.29, 1.82) is 0 Å². The molecule has 0 atom stereocenters. The van der Waals surface area contributed by atoms with Crippen LogP contribution in [0.1, 0.15) is 19.3 Å². The number of benzene rings is 1. The Morgan fingerprint density at radius 1 is 1.37 bits per heavy atom. The van der Waals surface area contributed by atoms with Crippen LogP contribution >= 0.6 is 24.0 Å². The van der Waals surface area contributed by atoms with Crippen LogP contribution in [-0.4, -0.2) is 37.1 Å². The molecule has 4 nitrogen and oxygen atoms in total.